The largest absolute Gasteiger partial charge is 0.371 e. The molecule has 3 heteroatoms. The lowest BCUT2D eigenvalue weighted by molar-refractivity contribution is -0.122. The van der Waals surface area contributed by atoms with E-state index in [2.05, 4.69) is 12.2 Å². The second kappa shape index (κ2) is 5.54. The van der Waals surface area contributed by atoms with E-state index in [9.17, 15) is 4.79 Å². The third-order valence-electron chi connectivity index (χ3n) is 2.91. The van der Waals surface area contributed by atoms with E-state index >= 15 is 0 Å². The third-order valence-corrected chi connectivity index (χ3v) is 2.91. The smallest absolute Gasteiger partial charge is 0.243 e. The molecule has 1 unspecified atom stereocenters. The van der Waals surface area contributed by atoms with Gasteiger partial charge < -0.3 is 11.1 Å². The first-order valence-corrected chi connectivity index (χ1v) is 5.77. The van der Waals surface area contributed by atoms with Crippen LogP contribution >= 0.6 is 0 Å². The summed E-state index contributed by atoms with van der Waals surface area (Å²) in [6.07, 6.45) is 2.38. The van der Waals surface area contributed by atoms with Gasteiger partial charge in [-0.2, -0.15) is 0 Å². The number of carbonyl (C=O) groups excluding carboxylic acids is 1. The van der Waals surface area contributed by atoms with Gasteiger partial charge in [-0.05, 0) is 25.0 Å². The molecule has 0 bridgehead atoms. The number of nitrogens with one attached hydrogen (secondary N) is 1. The highest BCUT2D eigenvalue weighted by Crippen LogP contribution is 2.23. The van der Waals surface area contributed by atoms with E-state index in [1.807, 2.05) is 37.3 Å². The Morgan fingerprint density at radius 2 is 1.94 bits per heavy atom. The SMILES string of the molecule is CCCC(CC)(Nc1ccccc1)C(N)=O. The number of nitrogens with two attached hydrogens (primary N) is 1. The maximum Gasteiger partial charge on any atom is 0.243 e. The van der Waals surface area contributed by atoms with Crippen LogP contribution < -0.4 is 11.1 Å². The van der Waals surface area contributed by atoms with Crippen LogP contribution in [0.15, 0.2) is 30.3 Å². The Morgan fingerprint density at radius 1 is 1.31 bits per heavy atom. The van der Waals surface area contributed by atoms with Gasteiger partial charge >= 0.3 is 0 Å². The maximum atomic E-state index is 11.6. The van der Waals surface area contributed by atoms with E-state index in [0.717, 1.165) is 18.5 Å². The van der Waals surface area contributed by atoms with Gasteiger partial charge in [0.25, 0.3) is 0 Å². The fourth-order valence-corrected chi connectivity index (χ4v) is 1.91. The Bertz CT molecular complexity index is 337. The Labute approximate surface area is 97.0 Å². The number of hydrogen-bond donors (Lipinski definition) is 2. The van der Waals surface area contributed by atoms with Crippen molar-refractivity contribution in [2.75, 3.05) is 5.32 Å². The molecule has 0 aromatic heterocycles. The van der Waals surface area contributed by atoms with Crippen LogP contribution in [0.3, 0.4) is 0 Å². The van der Waals surface area contributed by atoms with Gasteiger partial charge in [-0.15, -0.1) is 0 Å². The number of carbonyl (C=O) groups is 1. The first kappa shape index (κ1) is 12.6. The fourth-order valence-electron chi connectivity index (χ4n) is 1.91. The van der Waals surface area contributed by atoms with Crippen LogP contribution in [0.25, 0.3) is 0 Å². The second-order valence-electron chi connectivity index (χ2n) is 4.04. The minimum atomic E-state index is -0.615. The summed E-state index contributed by atoms with van der Waals surface area (Å²) in [7, 11) is 0. The van der Waals surface area contributed by atoms with Gasteiger partial charge in [-0.25, -0.2) is 0 Å². The van der Waals surface area contributed by atoms with Crippen LogP contribution in [0.2, 0.25) is 0 Å². The molecule has 0 saturated carbocycles. The number of anilines is 1. The van der Waals surface area contributed by atoms with Crippen molar-refractivity contribution in [3.05, 3.63) is 30.3 Å². The average molecular weight is 220 g/mol. The van der Waals surface area contributed by atoms with E-state index in [1.165, 1.54) is 0 Å². The van der Waals surface area contributed by atoms with Crippen LogP contribution in [0.4, 0.5) is 5.69 Å². The average Bonchev–Trinajstić information content (AvgIpc) is 2.29. The highest BCUT2D eigenvalue weighted by atomic mass is 16.1. The summed E-state index contributed by atoms with van der Waals surface area (Å²) in [5.74, 6) is -0.277. The molecule has 0 aliphatic rings. The van der Waals surface area contributed by atoms with Crippen molar-refractivity contribution in [3.8, 4) is 0 Å². The molecule has 3 nitrogen and oxygen atoms in total. The standard InChI is InChI=1S/C13H20N2O/c1-3-10-13(4-2,12(14)16)15-11-8-6-5-7-9-11/h5-9,15H,3-4,10H2,1-2H3,(H2,14,16). The monoisotopic (exact) mass is 220 g/mol. The van der Waals surface area contributed by atoms with Gasteiger partial charge in [-0.3, -0.25) is 4.79 Å². The van der Waals surface area contributed by atoms with Crippen LogP contribution in [0.1, 0.15) is 33.1 Å². The molecule has 1 aromatic rings. The fraction of sp³-hybridized carbons (Fsp3) is 0.462. The summed E-state index contributed by atoms with van der Waals surface area (Å²) in [6, 6.07) is 9.72. The van der Waals surface area contributed by atoms with E-state index in [0.29, 0.717) is 6.42 Å². The van der Waals surface area contributed by atoms with Crippen molar-refractivity contribution in [3.63, 3.8) is 0 Å². The molecule has 0 radical (unpaired) electrons. The summed E-state index contributed by atoms with van der Waals surface area (Å²) in [6.45, 7) is 4.04. The second-order valence-corrected chi connectivity index (χ2v) is 4.04. The van der Waals surface area contributed by atoms with Crippen molar-refractivity contribution in [2.24, 2.45) is 5.73 Å². The van der Waals surface area contributed by atoms with Crippen molar-refractivity contribution in [2.45, 2.75) is 38.6 Å². The van der Waals surface area contributed by atoms with Crippen LogP contribution in [0, 0.1) is 0 Å². The Balaban J connectivity index is 2.90. The quantitative estimate of drug-likeness (QED) is 0.774. The molecule has 0 aliphatic carbocycles. The molecule has 88 valence electrons. The predicted molar refractivity (Wildman–Crippen MR) is 67.2 cm³/mol. The summed E-state index contributed by atoms with van der Waals surface area (Å²) < 4.78 is 0. The molecule has 1 amide bonds. The number of hydrogen-bond acceptors (Lipinski definition) is 2. The predicted octanol–water partition coefficient (Wildman–Crippen LogP) is 2.53. The number of amides is 1. The highest BCUT2D eigenvalue weighted by Gasteiger charge is 2.33. The van der Waals surface area contributed by atoms with Crippen molar-refractivity contribution < 1.29 is 4.79 Å². The molecule has 0 fully saturated rings. The van der Waals surface area contributed by atoms with Gasteiger partial charge in [0.15, 0.2) is 0 Å². The van der Waals surface area contributed by atoms with Crippen LogP contribution in [-0.2, 0) is 4.79 Å². The summed E-state index contributed by atoms with van der Waals surface area (Å²) >= 11 is 0. The molecule has 1 atom stereocenters. The first-order valence-electron chi connectivity index (χ1n) is 5.77. The van der Waals surface area contributed by atoms with E-state index in [1.54, 1.807) is 0 Å². The Hall–Kier alpha value is -1.51. The topological polar surface area (TPSA) is 55.1 Å². The van der Waals surface area contributed by atoms with Crippen LogP contribution in [0.5, 0.6) is 0 Å². The zero-order valence-electron chi connectivity index (χ0n) is 9.99. The van der Waals surface area contributed by atoms with Gasteiger partial charge in [0, 0.05) is 5.69 Å². The lowest BCUT2D eigenvalue weighted by atomic mass is 9.89. The molecule has 0 saturated heterocycles. The zero-order chi connectivity index (χ0) is 12.0. The minimum absolute atomic E-state index is 0.277. The highest BCUT2D eigenvalue weighted by molar-refractivity contribution is 5.87. The summed E-state index contributed by atoms with van der Waals surface area (Å²) in [5, 5.41) is 3.27. The molecular weight excluding hydrogens is 200 g/mol. The van der Waals surface area contributed by atoms with Gasteiger partial charge in [0.1, 0.15) is 5.54 Å². The molecule has 3 N–H and O–H groups in total. The molecule has 0 aliphatic heterocycles. The number of para-hydroxylation sites is 1. The molecule has 1 aromatic carbocycles. The lowest BCUT2D eigenvalue weighted by Crippen LogP contribution is -2.50. The maximum absolute atomic E-state index is 11.6. The van der Waals surface area contributed by atoms with Gasteiger partial charge in [0.05, 0.1) is 0 Å². The number of rotatable bonds is 6. The minimum Gasteiger partial charge on any atom is -0.371 e. The Kier molecular flexibility index (Phi) is 4.35. The van der Waals surface area contributed by atoms with Gasteiger partial charge in [-0.1, -0.05) is 38.5 Å². The Morgan fingerprint density at radius 3 is 2.38 bits per heavy atom. The third kappa shape index (κ3) is 2.75. The zero-order valence-corrected chi connectivity index (χ0v) is 9.99. The lowest BCUT2D eigenvalue weighted by Gasteiger charge is -2.31. The molecule has 0 spiro atoms. The van der Waals surface area contributed by atoms with Crippen molar-refractivity contribution in [1.82, 2.24) is 0 Å². The van der Waals surface area contributed by atoms with Crippen LogP contribution in [-0.4, -0.2) is 11.4 Å². The summed E-state index contributed by atoms with van der Waals surface area (Å²) in [5.41, 5.74) is 5.84. The molecular formula is C13H20N2O. The summed E-state index contributed by atoms with van der Waals surface area (Å²) in [4.78, 5) is 11.6. The number of benzene rings is 1. The van der Waals surface area contributed by atoms with E-state index in [-0.39, 0.29) is 5.91 Å². The number of primary amides is 1. The first-order chi connectivity index (χ1) is 7.64. The van der Waals surface area contributed by atoms with Crippen molar-refractivity contribution >= 4 is 11.6 Å². The van der Waals surface area contributed by atoms with E-state index < -0.39 is 5.54 Å². The van der Waals surface area contributed by atoms with Crippen molar-refractivity contribution in [1.29, 1.82) is 0 Å². The van der Waals surface area contributed by atoms with Gasteiger partial charge in [0.2, 0.25) is 5.91 Å². The molecule has 16 heavy (non-hydrogen) atoms. The molecule has 1 rings (SSSR count). The van der Waals surface area contributed by atoms with E-state index in [4.69, 9.17) is 5.73 Å². The molecule has 0 heterocycles. The normalized spacial score (nSPS) is 14.1.